The molecule has 2 heterocycles. The van der Waals surface area contributed by atoms with E-state index in [0.717, 1.165) is 0 Å². The van der Waals surface area contributed by atoms with Gasteiger partial charge in [0, 0.05) is 18.4 Å². The molecule has 0 fully saturated rings. The highest BCUT2D eigenvalue weighted by molar-refractivity contribution is 5.97. The molecule has 24 heavy (non-hydrogen) atoms. The number of hydrogen-bond acceptors (Lipinski definition) is 3. The standard InChI is InChI=1S/C17H17FN4O2/c1-12(11-23)20-16(24)13-10-19-22(15-7-3-2-6-14(15)18)17(13)21-8-4-5-9-21/h2-10,12,23H,11H2,1H3,(H,20,24). The topological polar surface area (TPSA) is 72.1 Å². The number of halogens is 1. The van der Waals surface area contributed by atoms with E-state index in [1.165, 1.54) is 16.9 Å². The molecule has 2 aromatic heterocycles. The molecule has 0 spiro atoms. The number of aliphatic hydroxyl groups is 1. The molecule has 3 rings (SSSR count). The van der Waals surface area contributed by atoms with Crippen molar-refractivity contribution in [2.45, 2.75) is 13.0 Å². The van der Waals surface area contributed by atoms with E-state index >= 15 is 0 Å². The highest BCUT2D eigenvalue weighted by Crippen LogP contribution is 2.21. The van der Waals surface area contributed by atoms with Gasteiger partial charge in [0.2, 0.25) is 0 Å². The Morgan fingerprint density at radius 2 is 2.00 bits per heavy atom. The highest BCUT2D eigenvalue weighted by atomic mass is 19.1. The Balaban J connectivity index is 2.12. The van der Waals surface area contributed by atoms with Gasteiger partial charge in [0.05, 0.1) is 12.8 Å². The van der Waals surface area contributed by atoms with Crippen LogP contribution in [-0.4, -0.2) is 38.0 Å². The number of aliphatic hydroxyl groups excluding tert-OH is 1. The van der Waals surface area contributed by atoms with Gasteiger partial charge in [0.25, 0.3) is 5.91 Å². The minimum atomic E-state index is -0.440. The Hall–Kier alpha value is -2.93. The Labute approximate surface area is 138 Å². The second-order valence-corrected chi connectivity index (χ2v) is 5.39. The summed E-state index contributed by atoms with van der Waals surface area (Å²) in [4.78, 5) is 12.5. The summed E-state index contributed by atoms with van der Waals surface area (Å²) in [6.45, 7) is 1.51. The van der Waals surface area contributed by atoms with Crippen molar-refractivity contribution < 1.29 is 14.3 Å². The molecular formula is C17H17FN4O2. The van der Waals surface area contributed by atoms with Crippen LogP contribution in [0.4, 0.5) is 4.39 Å². The lowest BCUT2D eigenvalue weighted by atomic mass is 10.2. The number of aromatic nitrogens is 3. The fourth-order valence-electron chi connectivity index (χ4n) is 2.37. The van der Waals surface area contributed by atoms with Gasteiger partial charge >= 0.3 is 0 Å². The maximum absolute atomic E-state index is 14.2. The molecule has 6 nitrogen and oxygen atoms in total. The van der Waals surface area contributed by atoms with E-state index in [9.17, 15) is 9.18 Å². The minimum absolute atomic E-state index is 0.175. The molecule has 0 saturated heterocycles. The molecule has 0 bridgehead atoms. The van der Waals surface area contributed by atoms with E-state index in [2.05, 4.69) is 10.4 Å². The molecule has 0 radical (unpaired) electrons. The molecule has 1 atom stereocenters. The lowest BCUT2D eigenvalue weighted by Gasteiger charge is -2.13. The van der Waals surface area contributed by atoms with Crippen molar-refractivity contribution in [1.29, 1.82) is 0 Å². The Morgan fingerprint density at radius 1 is 1.29 bits per heavy atom. The van der Waals surface area contributed by atoms with E-state index in [1.54, 1.807) is 54.2 Å². The van der Waals surface area contributed by atoms with Crippen LogP contribution in [0, 0.1) is 5.82 Å². The third kappa shape index (κ3) is 2.93. The Bertz CT molecular complexity index is 842. The number of amides is 1. The average molecular weight is 328 g/mol. The molecule has 7 heteroatoms. The fraction of sp³-hybridized carbons (Fsp3) is 0.176. The van der Waals surface area contributed by atoms with Gasteiger partial charge in [-0.3, -0.25) is 4.79 Å². The first-order valence-corrected chi connectivity index (χ1v) is 7.50. The van der Waals surface area contributed by atoms with Gasteiger partial charge in [-0.25, -0.2) is 9.07 Å². The van der Waals surface area contributed by atoms with Gasteiger partial charge in [-0.2, -0.15) is 5.10 Å². The summed E-state index contributed by atoms with van der Waals surface area (Å²) in [5.74, 6) is -0.403. The van der Waals surface area contributed by atoms with E-state index in [0.29, 0.717) is 5.82 Å². The maximum Gasteiger partial charge on any atom is 0.257 e. The zero-order chi connectivity index (χ0) is 17.1. The first-order valence-electron chi connectivity index (χ1n) is 7.50. The van der Waals surface area contributed by atoms with Crippen molar-refractivity contribution in [2.24, 2.45) is 0 Å². The van der Waals surface area contributed by atoms with E-state index in [-0.39, 0.29) is 23.8 Å². The maximum atomic E-state index is 14.2. The Morgan fingerprint density at radius 3 is 2.67 bits per heavy atom. The van der Waals surface area contributed by atoms with Crippen LogP contribution in [0.15, 0.2) is 55.0 Å². The molecule has 124 valence electrons. The predicted octanol–water partition coefficient (Wildman–Crippen LogP) is 1.91. The number of rotatable bonds is 5. The smallest absolute Gasteiger partial charge is 0.257 e. The number of carbonyl (C=O) groups excluding carboxylic acids is 1. The van der Waals surface area contributed by atoms with Crippen LogP contribution in [-0.2, 0) is 0 Å². The molecule has 0 aliphatic rings. The van der Waals surface area contributed by atoms with Gasteiger partial charge < -0.3 is 15.0 Å². The van der Waals surface area contributed by atoms with Crippen molar-refractivity contribution >= 4 is 5.91 Å². The highest BCUT2D eigenvalue weighted by Gasteiger charge is 2.22. The van der Waals surface area contributed by atoms with Crippen LogP contribution in [0.3, 0.4) is 0 Å². The van der Waals surface area contributed by atoms with Gasteiger partial charge in [-0.05, 0) is 31.2 Å². The van der Waals surface area contributed by atoms with Crippen LogP contribution in [0.5, 0.6) is 0 Å². The summed E-state index contributed by atoms with van der Waals surface area (Å²) in [5.41, 5.74) is 0.533. The van der Waals surface area contributed by atoms with Crippen molar-refractivity contribution in [3.05, 3.63) is 66.4 Å². The lowest BCUT2D eigenvalue weighted by Crippen LogP contribution is -2.35. The number of nitrogens with one attached hydrogen (secondary N) is 1. The number of hydrogen-bond donors (Lipinski definition) is 2. The molecular weight excluding hydrogens is 311 g/mol. The fourth-order valence-corrected chi connectivity index (χ4v) is 2.37. The van der Waals surface area contributed by atoms with Gasteiger partial charge in [-0.1, -0.05) is 12.1 Å². The second kappa shape index (κ2) is 6.67. The summed E-state index contributed by atoms with van der Waals surface area (Å²) in [6.07, 6.45) is 4.89. The zero-order valence-corrected chi connectivity index (χ0v) is 13.1. The molecule has 3 aromatic rings. The third-order valence-electron chi connectivity index (χ3n) is 3.57. The van der Waals surface area contributed by atoms with Crippen molar-refractivity contribution in [3.63, 3.8) is 0 Å². The summed E-state index contributed by atoms with van der Waals surface area (Å²) >= 11 is 0. The number of para-hydroxylation sites is 1. The SMILES string of the molecule is CC(CO)NC(=O)c1cnn(-c2ccccc2F)c1-n1cccc1. The number of nitrogens with zero attached hydrogens (tertiary/aromatic N) is 3. The van der Waals surface area contributed by atoms with Gasteiger partial charge in [-0.15, -0.1) is 0 Å². The third-order valence-corrected chi connectivity index (χ3v) is 3.57. The van der Waals surface area contributed by atoms with E-state index in [4.69, 9.17) is 5.11 Å². The van der Waals surface area contributed by atoms with Crippen molar-refractivity contribution in [2.75, 3.05) is 6.61 Å². The van der Waals surface area contributed by atoms with Gasteiger partial charge in [0.15, 0.2) is 5.82 Å². The molecule has 1 unspecified atom stereocenters. The molecule has 0 saturated carbocycles. The van der Waals surface area contributed by atoms with Crippen LogP contribution in [0.2, 0.25) is 0 Å². The summed E-state index contributed by atoms with van der Waals surface area (Å²) in [7, 11) is 0. The normalized spacial score (nSPS) is 12.1. The minimum Gasteiger partial charge on any atom is -0.394 e. The van der Waals surface area contributed by atoms with Crippen LogP contribution >= 0.6 is 0 Å². The summed E-state index contributed by atoms with van der Waals surface area (Å²) in [5, 5.41) is 16.0. The number of benzene rings is 1. The lowest BCUT2D eigenvalue weighted by molar-refractivity contribution is 0.0922. The van der Waals surface area contributed by atoms with Crippen LogP contribution in [0.1, 0.15) is 17.3 Å². The van der Waals surface area contributed by atoms with Crippen LogP contribution < -0.4 is 5.32 Å². The molecule has 1 amide bonds. The Kier molecular flexibility index (Phi) is 4.43. The average Bonchev–Trinajstić information content (AvgIpc) is 3.24. The van der Waals surface area contributed by atoms with Crippen LogP contribution in [0.25, 0.3) is 11.5 Å². The summed E-state index contributed by atoms with van der Waals surface area (Å²) < 4.78 is 17.2. The quantitative estimate of drug-likeness (QED) is 0.751. The zero-order valence-electron chi connectivity index (χ0n) is 13.1. The monoisotopic (exact) mass is 328 g/mol. The van der Waals surface area contributed by atoms with Crippen molar-refractivity contribution in [1.82, 2.24) is 19.7 Å². The van der Waals surface area contributed by atoms with E-state index in [1.807, 2.05) is 0 Å². The molecule has 2 N–H and O–H groups in total. The first-order chi connectivity index (χ1) is 11.6. The number of carbonyl (C=O) groups is 1. The summed E-state index contributed by atoms with van der Waals surface area (Å²) in [6, 6.07) is 9.43. The predicted molar refractivity (Wildman–Crippen MR) is 86.9 cm³/mol. The largest absolute Gasteiger partial charge is 0.394 e. The molecule has 0 aliphatic carbocycles. The first kappa shape index (κ1) is 15.9. The van der Waals surface area contributed by atoms with E-state index < -0.39 is 11.9 Å². The molecule has 0 aliphatic heterocycles. The van der Waals surface area contributed by atoms with Gasteiger partial charge in [0.1, 0.15) is 17.1 Å². The molecule has 1 aromatic carbocycles. The van der Waals surface area contributed by atoms with Crippen molar-refractivity contribution in [3.8, 4) is 11.5 Å². The second-order valence-electron chi connectivity index (χ2n) is 5.39.